The first kappa shape index (κ1) is 15.1. The quantitative estimate of drug-likeness (QED) is 0.465. The zero-order valence-electron chi connectivity index (χ0n) is 11.2. The molecule has 1 aliphatic heterocycles. The van der Waals surface area contributed by atoms with Crippen molar-refractivity contribution >= 4 is 34.2 Å². The van der Waals surface area contributed by atoms with E-state index in [2.05, 4.69) is 27.7 Å². The normalized spacial score (nSPS) is 21.2. The number of carbonyl (C=O) groups is 1. The summed E-state index contributed by atoms with van der Waals surface area (Å²) in [5, 5.41) is 22.1. The van der Waals surface area contributed by atoms with Gasteiger partial charge in [0.05, 0.1) is 11.3 Å². The highest BCUT2D eigenvalue weighted by atomic mass is 127. The molecule has 1 aliphatic rings. The van der Waals surface area contributed by atoms with E-state index >= 15 is 0 Å². The number of rotatable bonds is 2. The average Bonchev–Trinajstić information content (AvgIpc) is 2.48. The van der Waals surface area contributed by atoms with E-state index in [1.165, 1.54) is 6.07 Å². The van der Waals surface area contributed by atoms with Crippen molar-refractivity contribution in [3.63, 3.8) is 0 Å². The van der Waals surface area contributed by atoms with Gasteiger partial charge in [0.2, 0.25) is 0 Å². The molecule has 1 saturated heterocycles. The second-order valence-electron chi connectivity index (χ2n) is 4.86. The van der Waals surface area contributed by atoms with Crippen molar-refractivity contribution in [3.8, 4) is 5.75 Å². The Morgan fingerprint density at radius 1 is 1.55 bits per heavy atom. The van der Waals surface area contributed by atoms with Crippen molar-refractivity contribution in [2.45, 2.75) is 19.8 Å². The first-order chi connectivity index (χ1) is 9.56. The molecule has 2 rings (SSSR count). The van der Waals surface area contributed by atoms with Gasteiger partial charge in [0.15, 0.2) is 0 Å². The Labute approximate surface area is 131 Å². The number of amides is 1. The molecule has 20 heavy (non-hydrogen) atoms. The fourth-order valence-corrected chi connectivity index (χ4v) is 2.94. The maximum absolute atomic E-state index is 12.5. The smallest absolute Gasteiger partial charge is 0.257 e. The van der Waals surface area contributed by atoms with Crippen molar-refractivity contribution < 1.29 is 15.1 Å². The molecule has 0 aromatic heterocycles. The summed E-state index contributed by atoms with van der Waals surface area (Å²) in [6.45, 7) is 3.05. The number of hydrogen-bond acceptors (Lipinski definition) is 4. The zero-order valence-corrected chi connectivity index (χ0v) is 13.4. The van der Waals surface area contributed by atoms with Crippen LogP contribution < -0.4 is 0 Å². The minimum absolute atomic E-state index is 0.00471. The van der Waals surface area contributed by atoms with Crippen LogP contribution in [0.15, 0.2) is 23.4 Å². The number of benzene rings is 1. The third kappa shape index (κ3) is 3.05. The number of halogens is 1. The Morgan fingerprint density at radius 2 is 2.30 bits per heavy atom. The molecule has 0 saturated carbocycles. The van der Waals surface area contributed by atoms with Crippen LogP contribution in [0.25, 0.3) is 0 Å². The monoisotopic (exact) mass is 388 g/mol. The van der Waals surface area contributed by atoms with Gasteiger partial charge >= 0.3 is 0 Å². The molecule has 1 unspecified atom stereocenters. The number of carbonyl (C=O) groups excluding carboxylic acids is 1. The summed E-state index contributed by atoms with van der Waals surface area (Å²) >= 11 is 2.11. The minimum Gasteiger partial charge on any atom is -0.507 e. The molecule has 0 spiro atoms. The van der Waals surface area contributed by atoms with Crippen molar-refractivity contribution in [2.24, 2.45) is 11.1 Å². The highest BCUT2D eigenvalue weighted by Gasteiger charge is 2.29. The van der Waals surface area contributed by atoms with Gasteiger partial charge in [0.1, 0.15) is 5.75 Å². The summed E-state index contributed by atoms with van der Waals surface area (Å²) in [7, 11) is 0. The molecule has 1 atom stereocenters. The van der Waals surface area contributed by atoms with Crippen LogP contribution in [0.1, 0.15) is 30.1 Å². The lowest BCUT2D eigenvalue weighted by atomic mass is 9.93. The van der Waals surface area contributed by atoms with E-state index in [4.69, 9.17) is 5.21 Å². The van der Waals surface area contributed by atoms with E-state index in [1.54, 1.807) is 17.0 Å². The standard InChI is InChI=1S/C14H17IN2O3/c1-2-9-8-17(6-5-12(9)16-20)14(19)11-7-10(15)3-4-13(11)18/h3-4,7,9,18,20H,2,5-6,8H2,1H3/b16-12+. The summed E-state index contributed by atoms with van der Waals surface area (Å²) in [5.74, 6) is -0.0795. The third-order valence-electron chi connectivity index (χ3n) is 3.65. The Bertz CT molecular complexity index is 545. The number of phenols is 1. The molecule has 1 aromatic carbocycles. The number of likely N-dealkylation sites (tertiary alicyclic amines) is 1. The van der Waals surface area contributed by atoms with E-state index < -0.39 is 0 Å². The Hall–Kier alpha value is -1.31. The van der Waals surface area contributed by atoms with E-state index in [9.17, 15) is 9.90 Å². The second-order valence-corrected chi connectivity index (χ2v) is 6.10. The van der Waals surface area contributed by atoms with Gasteiger partial charge in [-0.2, -0.15) is 0 Å². The second kappa shape index (κ2) is 6.43. The van der Waals surface area contributed by atoms with Gasteiger partial charge in [-0.3, -0.25) is 4.79 Å². The lowest BCUT2D eigenvalue weighted by Gasteiger charge is -2.33. The van der Waals surface area contributed by atoms with Crippen LogP contribution >= 0.6 is 22.6 Å². The maximum Gasteiger partial charge on any atom is 0.257 e. The highest BCUT2D eigenvalue weighted by molar-refractivity contribution is 14.1. The van der Waals surface area contributed by atoms with Crippen LogP contribution in [0.3, 0.4) is 0 Å². The minimum atomic E-state index is -0.170. The summed E-state index contributed by atoms with van der Waals surface area (Å²) < 4.78 is 0.908. The molecule has 1 fully saturated rings. The zero-order chi connectivity index (χ0) is 14.7. The lowest BCUT2D eigenvalue weighted by Crippen LogP contribution is -2.44. The fourth-order valence-electron chi connectivity index (χ4n) is 2.45. The van der Waals surface area contributed by atoms with Crippen molar-refractivity contribution in [1.82, 2.24) is 4.90 Å². The van der Waals surface area contributed by atoms with Gasteiger partial charge < -0.3 is 15.2 Å². The Balaban J connectivity index is 2.20. The van der Waals surface area contributed by atoms with Crippen LogP contribution in [-0.4, -0.2) is 39.9 Å². The van der Waals surface area contributed by atoms with Gasteiger partial charge in [0, 0.05) is 29.0 Å². The van der Waals surface area contributed by atoms with Crippen LogP contribution in [0.2, 0.25) is 0 Å². The molecule has 0 aliphatic carbocycles. The molecule has 0 radical (unpaired) electrons. The first-order valence-corrected chi connectivity index (χ1v) is 7.63. The number of phenolic OH excluding ortho intramolecular Hbond substituents is 1. The Morgan fingerprint density at radius 3 is 2.95 bits per heavy atom. The number of oxime groups is 1. The SMILES string of the molecule is CCC1CN(C(=O)c2cc(I)ccc2O)CC/C1=N\O. The summed E-state index contributed by atoms with van der Waals surface area (Å²) in [6, 6.07) is 4.99. The first-order valence-electron chi connectivity index (χ1n) is 6.55. The number of hydrogen-bond donors (Lipinski definition) is 2. The topological polar surface area (TPSA) is 73.1 Å². The average molecular weight is 388 g/mol. The largest absolute Gasteiger partial charge is 0.507 e. The number of nitrogens with zero attached hydrogens (tertiary/aromatic N) is 2. The van der Waals surface area contributed by atoms with E-state index in [0.29, 0.717) is 25.1 Å². The van der Waals surface area contributed by atoms with Gasteiger partial charge in [-0.15, -0.1) is 0 Å². The van der Waals surface area contributed by atoms with Gasteiger partial charge in [-0.1, -0.05) is 12.1 Å². The number of aromatic hydroxyl groups is 1. The van der Waals surface area contributed by atoms with E-state index in [-0.39, 0.29) is 17.6 Å². The van der Waals surface area contributed by atoms with Gasteiger partial charge in [0.25, 0.3) is 5.91 Å². The molecular weight excluding hydrogens is 371 g/mol. The van der Waals surface area contributed by atoms with Crippen LogP contribution in [0.4, 0.5) is 0 Å². The molecule has 108 valence electrons. The van der Waals surface area contributed by atoms with E-state index in [0.717, 1.165) is 15.7 Å². The van der Waals surface area contributed by atoms with Crippen molar-refractivity contribution in [3.05, 3.63) is 27.3 Å². The molecule has 5 nitrogen and oxygen atoms in total. The van der Waals surface area contributed by atoms with Crippen molar-refractivity contribution in [2.75, 3.05) is 13.1 Å². The molecular formula is C14H17IN2O3. The van der Waals surface area contributed by atoms with Gasteiger partial charge in [-0.05, 0) is 47.2 Å². The summed E-state index contributed by atoms with van der Waals surface area (Å²) in [5.41, 5.74) is 1.08. The third-order valence-corrected chi connectivity index (χ3v) is 4.32. The Kier molecular flexibility index (Phi) is 4.85. The van der Waals surface area contributed by atoms with E-state index in [1.807, 2.05) is 6.92 Å². The molecule has 2 N–H and O–H groups in total. The molecule has 1 amide bonds. The predicted octanol–water partition coefficient (Wildman–Crippen LogP) is 2.70. The summed E-state index contributed by atoms with van der Waals surface area (Å²) in [4.78, 5) is 14.2. The van der Waals surface area contributed by atoms with Crippen LogP contribution in [-0.2, 0) is 0 Å². The van der Waals surface area contributed by atoms with Crippen molar-refractivity contribution in [1.29, 1.82) is 0 Å². The molecule has 1 aromatic rings. The predicted molar refractivity (Wildman–Crippen MR) is 84.3 cm³/mol. The van der Waals surface area contributed by atoms with Gasteiger partial charge in [-0.25, -0.2) is 0 Å². The maximum atomic E-state index is 12.5. The lowest BCUT2D eigenvalue weighted by molar-refractivity contribution is 0.0726. The van der Waals surface area contributed by atoms with Crippen LogP contribution in [0.5, 0.6) is 5.75 Å². The highest BCUT2D eigenvalue weighted by Crippen LogP contribution is 2.24. The number of piperidine rings is 1. The molecule has 0 bridgehead atoms. The fraction of sp³-hybridized carbons (Fsp3) is 0.429. The molecule has 6 heteroatoms. The summed E-state index contributed by atoms with van der Waals surface area (Å²) in [6.07, 6.45) is 1.40. The molecule has 1 heterocycles. The van der Waals surface area contributed by atoms with Crippen LogP contribution in [0, 0.1) is 9.49 Å².